The summed E-state index contributed by atoms with van der Waals surface area (Å²) in [7, 11) is 0. The Hall–Kier alpha value is -1.08. The molecule has 0 spiro atoms. The van der Waals surface area contributed by atoms with Gasteiger partial charge in [0.05, 0.1) is 0 Å². The lowest BCUT2D eigenvalue weighted by atomic mass is 10.1. The molecule has 1 aromatic heterocycles. The van der Waals surface area contributed by atoms with Gasteiger partial charge in [0.2, 0.25) is 0 Å². The zero-order valence-corrected chi connectivity index (χ0v) is 11.9. The van der Waals surface area contributed by atoms with Gasteiger partial charge >= 0.3 is 0 Å². The summed E-state index contributed by atoms with van der Waals surface area (Å²) in [5.41, 5.74) is 1.45. The lowest BCUT2D eigenvalue weighted by Crippen LogP contribution is -1.87. The van der Waals surface area contributed by atoms with Crippen LogP contribution < -0.4 is 0 Å². The van der Waals surface area contributed by atoms with Crippen LogP contribution in [0.15, 0.2) is 42.5 Å². The molecule has 1 heteroatoms. The van der Waals surface area contributed by atoms with Crippen LogP contribution in [0.3, 0.4) is 0 Å². The zero-order chi connectivity index (χ0) is 12.5. The summed E-state index contributed by atoms with van der Waals surface area (Å²) < 4.78 is 0. The third-order valence-corrected chi connectivity index (χ3v) is 3.59. The standard InChI is InChI=1S/C14H16S.C2H6/c1-12-10-11-14(15-12)9-5-8-13-6-3-2-4-7-13;1-2/h2-4,6-7,10-11H,5,8-9H2,1H3;1-2H3. The molecule has 0 fully saturated rings. The molecule has 0 aliphatic heterocycles. The summed E-state index contributed by atoms with van der Waals surface area (Å²) in [5, 5.41) is 0. The molecule has 2 rings (SSSR count). The normalized spacial score (nSPS) is 9.59. The summed E-state index contributed by atoms with van der Waals surface area (Å²) in [5.74, 6) is 0. The van der Waals surface area contributed by atoms with Crippen molar-refractivity contribution in [2.24, 2.45) is 0 Å². The van der Waals surface area contributed by atoms with Gasteiger partial charge in [-0.3, -0.25) is 0 Å². The second kappa shape index (κ2) is 8.08. The summed E-state index contributed by atoms with van der Waals surface area (Å²) in [4.78, 5) is 2.94. The molecule has 2 aromatic rings. The first kappa shape index (κ1) is 14.0. The number of hydrogen-bond acceptors (Lipinski definition) is 1. The third kappa shape index (κ3) is 5.18. The smallest absolute Gasteiger partial charge is 0.00481 e. The molecule has 0 aliphatic rings. The Labute approximate surface area is 109 Å². The first-order chi connectivity index (χ1) is 8.34. The highest BCUT2D eigenvalue weighted by molar-refractivity contribution is 7.11. The first-order valence-corrected chi connectivity index (χ1v) is 7.25. The topological polar surface area (TPSA) is 0 Å². The van der Waals surface area contributed by atoms with Crippen LogP contribution in [0.25, 0.3) is 0 Å². The van der Waals surface area contributed by atoms with E-state index in [9.17, 15) is 0 Å². The zero-order valence-electron chi connectivity index (χ0n) is 11.1. The van der Waals surface area contributed by atoms with Crippen LogP contribution in [0.5, 0.6) is 0 Å². The van der Waals surface area contributed by atoms with Gasteiger partial charge in [-0.05, 0) is 43.9 Å². The van der Waals surface area contributed by atoms with Crippen LogP contribution >= 0.6 is 11.3 Å². The molecule has 0 nitrogen and oxygen atoms in total. The number of hydrogen-bond donors (Lipinski definition) is 0. The molecule has 0 unspecified atom stereocenters. The molecule has 0 bridgehead atoms. The average molecular weight is 246 g/mol. The Morgan fingerprint density at radius 3 is 2.18 bits per heavy atom. The molecule has 0 saturated heterocycles. The van der Waals surface area contributed by atoms with E-state index in [-0.39, 0.29) is 0 Å². The van der Waals surface area contributed by atoms with Crippen molar-refractivity contribution in [2.75, 3.05) is 0 Å². The van der Waals surface area contributed by atoms with E-state index in [0.717, 1.165) is 0 Å². The first-order valence-electron chi connectivity index (χ1n) is 6.44. The summed E-state index contributed by atoms with van der Waals surface area (Å²) in [6, 6.07) is 15.2. The molecular weight excluding hydrogens is 224 g/mol. The highest BCUT2D eigenvalue weighted by Gasteiger charge is 1.97. The van der Waals surface area contributed by atoms with Gasteiger partial charge in [-0.1, -0.05) is 44.2 Å². The van der Waals surface area contributed by atoms with E-state index >= 15 is 0 Å². The maximum atomic E-state index is 2.25. The van der Waals surface area contributed by atoms with Crippen molar-refractivity contribution in [3.63, 3.8) is 0 Å². The molecular formula is C16H22S. The fourth-order valence-electron chi connectivity index (χ4n) is 1.73. The van der Waals surface area contributed by atoms with Gasteiger partial charge < -0.3 is 0 Å². The van der Waals surface area contributed by atoms with Crippen molar-refractivity contribution < 1.29 is 0 Å². The monoisotopic (exact) mass is 246 g/mol. The Morgan fingerprint density at radius 1 is 0.882 bits per heavy atom. The molecule has 1 heterocycles. The summed E-state index contributed by atoms with van der Waals surface area (Å²) in [6.45, 7) is 6.17. The summed E-state index contributed by atoms with van der Waals surface area (Å²) >= 11 is 1.92. The Balaban J connectivity index is 0.000000686. The average Bonchev–Trinajstić information content (AvgIpc) is 2.79. The van der Waals surface area contributed by atoms with Crippen LogP contribution in [0.2, 0.25) is 0 Å². The predicted molar refractivity (Wildman–Crippen MR) is 78.9 cm³/mol. The molecule has 0 atom stereocenters. The van der Waals surface area contributed by atoms with Gasteiger partial charge in [-0.2, -0.15) is 0 Å². The molecule has 0 N–H and O–H groups in total. The lowest BCUT2D eigenvalue weighted by molar-refractivity contribution is 0.831. The van der Waals surface area contributed by atoms with E-state index in [1.807, 2.05) is 25.2 Å². The molecule has 0 radical (unpaired) electrons. The Morgan fingerprint density at radius 2 is 1.59 bits per heavy atom. The maximum absolute atomic E-state index is 2.25. The Kier molecular flexibility index (Phi) is 6.64. The molecule has 1 aromatic carbocycles. The fourth-order valence-corrected chi connectivity index (χ4v) is 2.66. The van der Waals surface area contributed by atoms with E-state index in [0.29, 0.717) is 0 Å². The minimum atomic E-state index is 1.19. The maximum Gasteiger partial charge on any atom is 0.00481 e. The second-order valence-corrected chi connectivity index (χ2v) is 5.22. The van der Waals surface area contributed by atoms with Gasteiger partial charge in [-0.25, -0.2) is 0 Å². The van der Waals surface area contributed by atoms with E-state index in [1.165, 1.54) is 34.6 Å². The minimum Gasteiger partial charge on any atom is -0.146 e. The second-order valence-electron chi connectivity index (χ2n) is 3.85. The van der Waals surface area contributed by atoms with Crippen molar-refractivity contribution in [2.45, 2.75) is 40.0 Å². The molecule has 0 amide bonds. The van der Waals surface area contributed by atoms with Gasteiger partial charge in [0, 0.05) is 9.75 Å². The van der Waals surface area contributed by atoms with Crippen molar-refractivity contribution in [1.29, 1.82) is 0 Å². The molecule has 0 saturated carbocycles. The van der Waals surface area contributed by atoms with Crippen molar-refractivity contribution in [1.82, 2.24) is 0 Å². The van der Waals surface area contributed by atoms with Crippen LogP contribution in [0, 0.1) is 6.92 Å². The lowest BCUT2D eigenvalue weighted by Gasteiger charge is -1.99. The van der Waals surface area contributed by atoms with E-state index in [4.69, 9.17) is 0 Å². The third-order valence-electron chi connectivity index (χ3n) is 2.53. The van der Waals surface area contributed by atoms with Crippen molar-refractivity contribution >= 4 is 11.3 Å². The molecule has 17 heavy (non-hydrogen) atoms. The highest BCUT2D eigenvalue weighted by Crippen LogP contribution is 2.17. The SMILES string of the molecule is CC.Cc1ccc(CCCc2ccccc2)s1. The van der Waals surface area contributed by atoms with Gasteiger partial charge in [0.25, 0.3) is 0 Å². The van der Waals surface area contributed by atoms with E-state index in [2.05, 4.69) is 49.4 Å². The van der Waals surface area contributed by atoms with Gasteiger partial charge in [0.1, 0.15) is 0 Å². The van der Waals surface area contributed by atoms with Crippen LogP contribution in [-0.4, -0.2) is 0 Å². The van der Waals surface area contributed by atoms with Gasteiger partial charge in [0.15, 0.2) is 0 Å². The van der Waals surface area contributed by atoms with Crippen LogP contribution in [0.4, 0.5) is 0 Å². The number of benzene rings is 1. The minimum absolute atomic E-state index is 1.19. The molecule has 92 valence electrons. The predicted octanol–water partition coefficient (Wildman–Crippen LogP) is 5.26. The number of rotatable bonds is 4. The largest absolute Gasteiger partial charge is 0.146 e. The summed E-state index contributed by atoms with van der Waals surface area (Å²) in [6.07, 6.45) is 3.66. The molecule has 0 aliphatic carbocycles. The van der Waals surface area contributed by atoms with Gasteiger partial charge in [-0.15, -0.1) is 11.3 Å². The quantitative estimate of drug-likeness (QED) is 0.690. The fraction of sp³-hybridized carbons (Fsp3) is 0.375. The highest BCUT2D eigenvalue weighted by atomic mass is 32.1. The van der Waals surface area contributed by atoms with Crippen LogP contribution in [-0.2, 0) is 12.8 Å². The van der Waals surface area contributed by atoms with E-state index in [1.54, 1.807) is 0 Å². The number of aryl methyl sites for hydroxylation is 3. The number of thiophene rings is 1. The van der Waals surface area contributed by atoms with Crippen LogP contribution in [0.1, 0.15) is 35.6 Å². The van der Waals surface area contributed by atoms with Crippen molar-refractivity contribution in [3.8, 4) is 0 Å². The van der Waals surface area contributed by atoms with Crippen molar-refractivity contribution in [3.05, 3.63) is 57.8 Å². The van der Waals surface area contributed by atoms with E-state index < -0.39 is 0 Å². The Bertz CT molecular complexity index is 400.